The molecule has 1 fully saturated rings. The predicted octanol–water partition coefficient (Wildman–Crippen LogP) is 2.93. The van der Waals surface area contributed by atoms with Crippen LogP contribution in [0.15, 0.2) is 60.7 Å². The van der Waals surface area contributed by atoms with E-state index in [0.717, 1.165) is 44.0 Å². The van der Waals surface area contributed by atoms with Gasteiger partial charge in [-0.05, 0) is 28.8 Å². The van der Waals surface area contributed by atoms with Crippen LogP contribution in [0.2, 0.25) is 0 Å². The Morgan fingerprint density at radius 1 is 0.931 bits per heavy atom. The lowest BCUT2D eigenvalue weighted by Crippen LogP contribution is -2.35. The van der Waals surface area contributed by atoms with E-state index in [-0.39, 0.29) is 5.78 Å². The van der Waals surface area contributed by atoms with Gasteiger partial charge in [0.1, 0.15) is 0 Å². The molecule has 2 N–H and O–H groups in total. The first-order chi connectivity index (χ1) is 14.1. The molecule has 150 valence electrons. The van der Waals surface area contributed by atoms with E-state index in [1.165, 1.54) is 17.1 Å². The van der Waals surface area contributed by atoms with Crippen molar-refractivity contribution < 1.29 is 19.5 Å². The van der Waals surface area contributed by atoms with Gasteiger partial charge >= 0.3 is 0 Å². The number of nitrogens with zero attached hydrogens (tertiary/aromatic N) is 1. The fourth-order valence-corrected chi connectivity index (χ4v) is 2.99. The fourth-order valence-electron chi connectivity index (χ4n) is 2.99. The van der Waals surface area contributed by atoms with Crippen molar-refractivity contribution in [3.05, 3.63) is 82.9 Å². The molecule has 1 aliphatic heterocycles. The van der Waals surface area contributed by atoms with Crippen LogP contribution in [0.25, 0.3) is 12.2 Å². The lowest BCUT2D eigenvalue weighted by molar-refractivity contribution is -0.124. The van der Waals surface area contributed by atoms with Crippen molar-refractivity contribution in [1.29, 1.82) is 0 Å². The molecule has 6 nitrogen and oxygen atoms in total. The summed E-state index contributed by atoms with van der Waals surface area (Å²) in [6.45, 7) is 4.29. The number of hydrogen-bond acceptors (Lipinski definition) is 5. The zero-order valence-corrected chi connectivity index (χ0v) is 16.1. The Kier molecular flexibility index (Phi) is 7.47. The van der Waals surface area contributed by atoms with Crippen molar-refractivity contribution in [2.45, 2.75) is 6.54 Å². The molecule has 1 heterocycles. The van der Waals surface area contributed by atoms with Gasteiger partial charge in [-0.1, -0.05) is 54.6 Å². The van der Waals surface area contributed by atoms with Gasteiger partial charge < -0.3 is 4.74 Å². The summed E-state index contributed by atoms with van der Waals surface area (Å²) < 4.78 is 5.36. The van der Waals surface area contributed by atoms with Crippen molar-refractivity contribution in [1.82, 2.24) is 10.4 Å². The van der Waals surface area contributed by atoms with E-state index in [1.54, 1.807) is 18.2 Å². The van der Waals surface area contributed by atoms with Crippen molar-refractivity contribution in [3.8, 4) is 0 Å². The summed E-state index contributed by atoms with van der Waals surface area (Å²) in [6, 6.07) is 15.1. The largest absolute Gasteiger partial charge is 0.379 e. The highest BCUT2D eigenvalue weighted by molar-refractivity contribution is 6.06. The van der Waals surface area contributed by atoms with E-state index in [0.29, 0.717) is 5.56 Å². The first-order valence-electron chi connectivity index (χ1n) is 9.48. The molecule has 2 aromatic rings. The van der Waals surface area contributed by atoms with E-state index in [1.807, 2.05) is 48.5 Å². The lowest BCUT2D eigenvalue weighted by Gasteiger charge is -2.26. The third-order valence-electron chi connectivity index (χ3n) is 4.65. The van der Waals surface area contributed by atoms with Crippen LogP contribution in [0.4, 0.5) is 0 Å². The van der Waals surface area contributed by atoms with Gasteiger partial charge in [-0.3, -0.25) is 19.7 Å². The quantitative estimate of drug-likeness (QED) is 0.328. The van der Waals surface area contributed by atoms with Gasteiger partial charge in [-0.15, -0.1) is 0 Å². The minimum absolute atomic E-state index is 0.0495. The Morgan fingerprint density at radius 2 is 1.52 bits per heavy atom. The summed E-state index contributed by atoms with van der Waals surface area (Å²) >= 11 is 0. The number of carbonyl (C=O) groups excluding carboxylic acids is 2. The molecule has 0 radical (unpaired) electrons. The maximum absolute atomic E-state index is 12.4. The molecular weight excluding hydrogens is 368 g/mol. The van der Waals surface area contributed by atoms with Gasteiger partial charge in [0.25, 0.3) is 5.91 Å². The average molecular weight is 392 g/mol. The first kappa shape index (κ1) is 20.7. The van der Waals surface area contributed by atoms with Gasteiger partial charge in [0.15, 0.2) is 5.78 Å². The summed E-state index contributed by atoms with van der Waals surface area (Å²) in [5.41, 5.74) is 5.07. The maximum atomic E-state index is 12.4. The number of ether oxygens (including phenoxy) is 1. The summed E-state index contributed by atoms with van der Waals surface area (Å²) in [5, 5.41) is 8.46. The summed E-state index contributed by atoms with van der Waals surface area (Å²) in [7, 11) is 0. The highest BCUT2D eigenvalue weighted by Crippen LogP contribution is 2.12. The van der Waals surface area contributed by atoms with E-state index < -0.39 is 5.91 Å². The molecule has 0 aliphatic carbocycles. The van der Waals surface area contributed by atoms with Gasteiger partial charge in [-0.2, -0.15) is 0 Å². The predicted molar refractivity (Wildman–Crippen MR) is 111 cm³/mol. The third-order valence-corrected chi connectivity index (χ3v) is 4.65. The van der Waals surface area contributed by atoms with Gasteiger partial charge in [0.2, 0.25) is 0 Å². The van der Waals surface area contributed by atoms with Crippen LogP contribution in [0.3, 0.4) is 0 Å². The molecule has 6 heteroatoms. The number of amides is 1. The van der Waals surface area contributed by atoms with Crippen LogP contribution in [-0.4, -0.2) is 48.1 Å². The molecule has 1 aliphatic rings. The number of carbonyl (C=O) groups is 2. The van der Waals surface area contributed by atoms with Crippen LogP contribution in [-0.2, 0) is 16.1 Å². The number of hydrogen-bond donors (Lipinski definition) is 2. The Morgan fingerprint density at radius 3 is 2.10 bits per heavy atom. The molecule has 3 rings (SSSR count). The van der Waals surface area contributed by atoms with Gasteiger partial charge in [0.05, 0.1) is 13.2 Å². The average Bonchev–Trinajstić information content (AvgIpc) is 2.77. The Balaban J connectivity index is 1.55. The Bertz CT molecular complexity index is 880. The van der Waals surface area contributed by atoms with Crippen LogP contribution < -0.4 is 5.48 Å². The molecule has 0 unspecified atom stereocenters. The van der Waals surface area contributed by atoms with Crippen LogP contribution in [0.1, 0.15) is 27.0 Å². The molecule has 0 atom stereocenters. The molecule has 0 spiro atoms. The standard InChI is InChI=1S/C23H24N2O4/c26-22(11-7-18-1-3-19(4-2-18)8-12-23(27)24-28)21-9-5-20(6-10-21)17-25-13-15-29-16-14-25/h1-12,28H,13-17H2,(H,24,27). The Hall–Kier alpha value is -3.06. The molecule has 0 bridgehead atoms. The topological polar surface area (TPSA) is 78.9 Å². The molecule has 1 amide bonds. The lowest BCUT2D eigenvalue weighted by atomic mass is 10.1. The smallest absolute Gasteiger partial charge is 0.267 e. The second kappa shape index (κ2) is 10.5. The summed E-state index contributed by atoms with van der Waals surface area (Å²) in [5.74, 6) is -0.637. The summed E-state index contributed by atoms with van der Waals surface area (Å²) in [4.78, 5) is 25.7. The van der Waals surface area contributed by atoms with E-state index in [4.69, 9.17) is 9.94 Å². The van der Waals surface area contributed by atoms with Gasteiger partial charge in [0, 0.05) is 31.3 Å². The number of morpholine rings is 1. The molecule has 29 heavy (non-hydrogen) atoms. The molecule has 1 saturated heterocycles. The van der Waals surface area contributed by atoms with E-state index in [2.05, 4.69) is 4.90 Å². The monoisotopic (exact) mass is 392 g/mol. The van der Waals surface area contributed by atoms with Gasteiger partial charge in [-0.25, -0.2) is 5.48 Å². The number of hydroxylamine groups is 1. The van der Waals surface area contributed by atoms with Crippen molar-refractivity contribution in [2.75, 3.05) is 26.3 Å². The molecule has 0 aromatic heterocycles. The van der Waals surface area contributed by atoms with Crippen LogP contribution >= 0.6 is 0 Å². The number of rotatable bonds is 7. The summed E-state index contributed by atoms with van der Waals surface area (Å²) in [6.07, 6.45) is 6.14. The molecule has 0 saturated carbocycles. The number of benzene rings is 2. The molecule has 2 aromatic carbocycles. The van der Waals surface area contributed by atoms with E-state index in [9.17, 15) is 9.59 Å². The second-order valence-electron chi connectivity index (χ2n) is 6.76. The number of nitrogens with one attached hydrogen (secondary N) is 1. The zero-order chi connectivity index (χ0) is 20.5. The number of allylic oxidation sites excluding steroid dienone is 1. The van der Waals surface area contributed by atoms with Crippen molar-refractivity contribution in [3.63, 3.8) is 0 Å². The minimum atomic E-state index is -0.587. The zero-order valence-electron chi connectivity index (χ0n) is 16.1. The van der Waals surface area contributed by atoms with Crippen molar-refractivity contribution >= 4 is 23.8 Å². The first-order valence-corrected chi connectivity index (χ1v) is 9.48. The molecular formula is C23H24N2O4. The normalized spacial score (nSPS) is 15.1. The number of ketones is 1. The minimum Gasteiger partial charge on any atom is -0.379 e. The SMILES string of the molecule is O=C(C=Cc1ccc(C=CC(=O)c2ccc(CN3CCOCC3)cc2)cc1)NO. The maximum Gasteiger partial charge on any atom is 0.267 e. The third kappa shape index (κ3) is 6.50. The highest BCUT2D eigenvalue weighted by atomic mass is 16.5. The Labute approximate surface area is 170 Å². The van der Waals surface area contributed by atoms with Crippen LogP contribution in [0.5, 0.6) is 0 Å². The van der Waals surface area contributed by atoms with Crippen molar-refractivity contribution in [2.24, 2.45) is 0 Å². The van der Waals surface area contributed by atoms with E-state index >= 15 is 0 Å². The second-order valence-corrected chi connectivity index (χ2v) is 6.76. The highest BCUT2D eigenvalue weighted by Gasteiger charge is 2.11. The van der Waals surface area contributed by atoms with Crippen LogP contribution in [0, 0.1) is 0 Å². The fraction of sp³-hybridized carbons (Fsp3) is 0.217.